The topological polar surface area (TPSA) is 72.8 Å². The van der Waals surface area contributed by atoms with Gasteiger partial charge in [0, 0.05) is 12.8 Å². The van der Waals surface area contributed by atoms with E-state index >= 15 is 0 Å². The van der Waals surface area contributed by atoms with Crippen LogP contribution in [0.2, 0.25) is 0 Å². The van der Waals surface area contributed by atoms with Crippen LogP contribution in [0.4, 0.5) is 0 Å². The fraction of sp³-hybridized carbons (Fsp3) is 0.651. The lowest BCUT2D eigenvalue weighted by atomic mass is 10.0. The molecule has 1 N–H and O–H groups in total. The van der Waals surface area contributed by atoms with E-state index in [1.54, 1.807) is 0 Å². The van der Waals surface area contributed by atoms with Crippen LogP contribution in [-0.2, 0) is 19.1 Å². The van der Waals surface area contributed by atoms with E-state index in [0.717, 1.165) is 83.5 Å². The highest BCUT2D eigenvalue weighted by Gasteiger charge is 2.15. The number of rotatable bonds is 50. The number of carbonyl (C=O) groups is 2. The minimum Gasteiger partial charge on any atom is -0.462 e. The SMILES string of the molecule is CC/C=C\C/C=C\C/C=C\C/C=C\C/C=C\C/C=C\CCC(=O)OC(CO)COC(=O)CCCCCCCCCCCCCCCCCCCCCCCC/C=C\C/C=C\C/C=C\C/C=C\CC. The number of hydrogen-bond donors (Lipinski definition) is 1. The molecule has 0 aliphatic carbocycles. The first-order valence-corrected chi connectivity index (χ1v) is 28.1. The van der Waals surface area contributed by atoms with Gasteiger partial charge in [0.1, 0.15) is 6.61 Å². The average molecular weight is 942 g/mol. The largest absolute Gasteiger partial charge is 0.462 e. The summed E-state index contributed by atoms with van der Waals surface area (Å²) >= 11 is 0. The molecular weight excluding hydrogens is 837 g/mol. The Balaban J connectivity index is 3.51. The third kappa shape index (κ3) is 54.9. The standard InChI is InChI=1S/C63H104O5/c1-3-5-7-9-11-13-15-17-19-21-23-24-25-26-27-28-29-30-31-32-33-34-35-36-37-38-40-41-43-45-47-49-51-53-55-57-62(65)67-60-61(59-64)68-63(66)58-56-54-52-50-48-46-44-42-39-22-20-18-16-14-12-10-8-6-4-2/h5-8,11-14,17-20,23-24,39,42,46,48,52,54,61,64H,3-4,9-10,15-16,21-22,25-38,40-41,43-45,47,49-51,53,55-60H2,1-2H3/b7-5-,8-6-,13-11-,14-12-,19-17-,20-18-,24-23-,42-39-,48-46-,54-52-. The maximum Gasteiger partial charge on any atom is 0.306 e. The van der Waals surface area contributed by atoms with E-state index in [0.29, 0.717) is 12.8 Å². The molecule has 0 amide bonds. The van der Waals surface area contributed by atoms with E-state index in [1.165, 1.54) is 128 Å². The molecule has 68 heavy (non-hydrogen) atoms. The molecule has 386 valence electrons. The van der Waals surface area contributed by atoms with Crippen molar-refractivity contribution in [2.24, 2.45) is 0 Å². The van der Waals surface area contributed by atoms with Gasteiger partial charge in [-0.2, -0.15) is 0 Å². The number of ether oxygens (including phenoxy) is 2. The summed E-state index contributed by atoms with van der Waals surface area (Å²) in [6.45, 7) is 3.86. The van der Waals surface area contributed by atoms with Crippen molar-refractivity contribution in [3.8, 4) is 0 Å². The second kappa shape index (κ2) is 57.6. The number of unbranched alkanes of at least 4 members (excludes halogenated alkanes) is 22. The molecule has 0 saturated heterocycles. The van der Waals surface area contributed by atoms with Crippen LogP contribution in [0.5, 0.6) is 0 Å². The zero-order chi connectivity index (χ0) is 49.2. The summed E-state index contributed by atoms with van der Waals surface area (Å²) in [4.78, 5) is 24.4. The quantitative estimate of drug-likeness (QED) is 0.0374. The molecule has 0 bridgehead atoms. The van der Waals surface area contributed by atoms with E-state index in [-0.39, 0.29) is 25.6 Å². The normalized spacial score (nSPS) is 13.2. The summed E-state index contributed by atoms with van der Waals surface area (Å²) in [7, 11) is 0. The Bertz CT molecular complexity index is 1390. The minimum absolute atomic E-state index is 0.100. The van der Waals surface area contributed by atoms with Gasteiger partial charge in [-0.15, -0.1) is 0 Å². The molecule has 0 aliphatic heterocycles. The molecule has 1 unspecified atom stereocenters. The summed E-state index contributed by atoms with van der Waals surface area (Å²) in [5.41, 5.74) is 0. The van der Waals surface area contributed by atoms with Crippen molar-refractivity contribution in [2.45, 2.75) is 251 Å². The third-order valence-corrected chi connectivity index (χ3v) is 11.8. The van der Waals surface area contributed by atoms with Crippen molar-refractivity contribution in [2.75, 3.05) is 13.2 Å². The van der Waals surface area contributed by atoms with Crippen LogP contribution in [0.15, 0.2) is 122 Å². The van der Waals surface area contributed by atoms with Crippen LogP contribution in [0.25, 0.3) is 0 Å². The first-order valence-electron chi connectivity index (χ1n) is 28.1. The molecule has 5 heteroatoms. The Morgan fingerprint density at radius 3 is 0.941 bits per heavy atom. The average Bonchev–Trinajstić information content (AvgIpc) is 3.34. The third-order valence-electron chi connectivity index (χ3n) is 11.8. The Morgan fingerprint density at radius 2 is 0.618 bits per heavy atom. The lowest BCUT2D eigenvalue weighted by molar-refractivity contribution is -0.161. The highest BCUT2D eigenvalue weighted by Crippen LogP contribution is 2.16. The summed E-state index contributed by atoms with van der Waals surface area (Å²) in [5, 5.41) is 9.62. The molecule has 0 aliphatic rings. The van der Waals surface area contributed by atoms with Gasteiger partial charge in [0.05, 0.1) is 6.61 Å². The van der Waals surface area contributed by atoms with Crippen molar-refractivity contribution in [3.05, 3.63) is 122 Å². The molecule has 0 saturated carbocycles. The Hall–Kier alpha value is -3.70. The molecule has 5 nitrogen and oxygen atoms in total. The van der Waals surface area contributed by atoms with Crippen molar-refractivity contribution >= 4 is 11.9 Å². The van der Waals surface area contributed by atoms with E-state index in [1.807, 2.05) is 12.2 Å². The van der Waals surface area contributed by atoms with Crippen LogP contribution in [-0.4, -0.2) is 36.4 Å². The van der Waals surface area contributed by atoms with Gasteiger partial charge < -0.3 is 14.6 Å². The van der Waals surface area contributed by atoms with Crippen molar-refractivity contribution in [3.63, 3.8) is 0 Å². The van der Waals surface area contributed by atoms with Crippen molar-refractivity contribution in [1.29, 1.82) is 0 Å². The first-order chi connectivity index (χ1) is 33.6. The lowest BCUT2D eigenvalue weighted by Crippen LogP contribution is -2.28. The fourth-order valence-corrected chi connectivity index (χ4v) is 7.63. The van der Waals surface area contributed by atoms with Crippen molar-refractivity contribution in [1.82, 2.24) is 0 Å². The van der Waals surface area contributed by atoms with Crippen LogP contribution in [0, 0.1) is 0 Å². The first kappa shape index (κ1) is 64.3. The molecule has 0 aromatic carbocycles. The predicted octanol–water partition coefficient (Wildman–Crippen LogP) is 19.1. The van der Waals surface area contributed by atoms with Crippen molar-refractivity contribution < 1.29 is 24.2 Å². The molecule has 0 fully saturated rings. The number of hydrogen-bond acceptors (Lipinski definition) is 5. The van der Waals surface area contributed by atoms with Gasteiger partial charge in [0.2, 0.25) is 0 Å². The predicted molar refractivity (Wildman–Crippen MR) is 297 cm³/mol. The maximum absolute atomic E-state index is 12.2. The molecule has 0 rings (SSSR count). The van der Waals surface area contributed by atoms with E-state index in [9.17, 15) is 14.7 Å². The summed E-state index contributed by atoms with van der Waals surface area (Å²) in [6, 6.07) is 0. The van der Waals surface area contributed by atoms with Gasteiger partial charge in [-0.3, -0.25) is 9.59 Å². The second-order valence-electron chi connectivity index (χ2n) is 18.2. The van der Waals surface area contributed by atoms with Gasteiger partial charge >= 0.3 is 11.9 Å². The molecule has 0 aromatic heterocycles. The molecule has 0 heterocycles. The smallest absolute Gasteiger partial charge is 0.306 e. The number of aliphatic hydroxyl groups is 1. The molecule has 0 aromatic rings. The lowest BCUT2D eigenvalue weighted by Gasteiger charge is -2.15. The molecule has 0 radical (unpaired) electrons. The van der Waals surface area contributed by atoms with Gasteiger partial charge in [-0.05, 0) is 89.9 Å². The van der Waals surface area contributed by atoms with Crippen LogP contribution in [0.1, 0.15) is 245 Å². The maximum atomic E-state index is 12.2. The Morgan fingerprint density at radius 1 is 0.338 bits per heavy atom. The molecular formula is C63H104O5. The van der Waals surface area contributed by atoms with E-state index < -0.39 is 12.1 Å². The van der Waals surface area contributed by atoms with Crippen LogP contribution in [0.3, 0.4) is 0 Å². The number of esters is 2. The monoisotopic (exact) mass is 941 g/mol. The highest BCUT2D eigenvalue weighted by atomic mass is 16.6. The van der Waals surface area contributed by atoms with Crippen LogP contribution >= 0.6 is 0 Å². The van der Waals surface area contributed by atoms with Gasteiger partial charge in [-0.1, -0.05) is 264 Å². The summed E-state index contributed by atoms with van der Waals surface area (Å²) < 4.78 is 10.6. The molecule has 1 atom stereocenters. The fourth-order valence-electron chi connectivity index (χ4n) is 7.63. The number of allylic oxidation sites excluding steroid dienone is 20. The van der Waals surface area contributed by atoms with E-state index in [2.05, 4.69) is 123 Å². The summed E-state index contributed by atoms with van der Waals surface area (Å²) in [6.07, 6.45) is 84.8. The number of aliphatic hydroxyl groups excluding tert-OH is 1. The van der Waals surface area contributed by atoms with E-state index in [4.69, 9.17) is 9.47 Å². The molecule has 0 spiro atoms. The van der Waals surface area contributed by atoms with Gasteiger partial charge in [0.15, 0.2) is 6.10 Å². The zero-order valence-corrected chi connectivity index (χ0v) is 44.1. The zero-order valence-electron chi connectivity index (χ0n) is 44.1. The minimum atomic E-state index is -0.819. The summed E-state index contributed by atoms with van der Waals surface area (Å²) in [5.74, 6) is -0.688. The Kier molecular flexibility index (Phi) is 54.5. The van der Waals surface area contributed by atoms with Crippen LogP contribution < -0.4 is 0 Å². The highest BCUT2D eigenvalue weighted by molar-refractivity contribution is 5.70. The second-order valence-corrected chi connectivity index (χ2v) is 18.2. The van der Waals surface area contributed by atoms with Gasteiger partial charge in [0.25, 0.3) is 0 Å². The van der Waals surface area contributed by atoms with Gasteiger partial charge in [-0.25, -0.2) is 0 Å². The Labute approximate surface area is 420 Å². The number of carbonyl (C=O) groups excluding carboxylic acids is 2.